The van der Waals surface area contributed by atoms with Crippen molar-refractivity contribution in [1.29, 1.82) is 0 Å². The Balaban J connectivity index is 1.43. The van der Waals surface area contributed by atoms with Gasteiger partial charge in [0.1, 0.15) is 11.6 Å². The molecule has 0 saturated carbocycles. The minimum absolute atomic E-state index is 0.0966. The standard InChI is InChI=1S/C32H29ClF2/c1-2-3-4-5-6-23-7-9-24(10-8-23)11-12-25-14-19-29-28(21-25)18-17-27(32(29)35)16-13-26-15-20-30(33)31(34)22-26/h7-10,14-15,17-22H,2-6,13,16H2,1H3. The maximum absolute atomic E-state index is 15.1. The van der Waals surface area contributed by atoms with Crippen molar-refractivity contribution >= 4 is 22.4 Å². The first-order valence-electron chi connectivity index (χ1n) is 12.3. The van der Waals surface area contributed by atoms with Gasteiger partial charge in [-0.05, 0) is 84.2 Å². The summed E-state index contributed by atoms with van der Waals surface area (Å²) in [5.41, 5.74) is 4.58. The summed E-state index contributed by atoms with van der Waals surface area (Å²) >= 11 is 5.75. The van der Waals surface area contributed by atoms with Gasteiger partial charge in [0.15, 0.2) is 0 Å². The lowest BCUT2D eigenvalue weighted by molar-refractivity contribution is 0.617. The van der Waals surface area contributed by atoms with Gasteiger partial charge in [0, 0.05) is 16.5 Å². The zero-order chi connectivity index (χ0) is 24.6. The average molecular weight is 487 g/mol. The quantitative estimate of drug-likeness (QED) is 0.172. The van der Waals surface area contributed by atoms with Gasteiger partial charge in [-0.25, -0.2) is 8.78 Å². The predicted octanol–water partition coefficient (Wildman–Crippen LogP) is 9.08. The molecule has 0 radical (unpaired) electrons. The molecule has 0 unspecified atom stereocenters. The molecule has 0 atom stereocenters. The number of halogens is 3. The van der Waals surface area contributed by atoms with E-state index in [1.807, 2.05) is 18.2 Å². The average Bonchev–Trinajstić information content (AvgIpc) is 2.87. The van der Waals surface area contributed by atoms with Crippen molar-refractivity contribution in [3.05, 3.63) is 117 Å². The largest absolute Gasteiger partial charge is 0.206 e. The molecule has 0 aliphatic carbocycles. The van der Waals surface area contributed by atoms with Crippen molar-refractivity contribution < 1.29 is 8.78 Å². The van der Waals surface area contributed by atoms with Crippen LogP contribution in [0.4, 0.5) is 8.78 Å². The lowest BCUT2D eigenvalue weighted by atomic mass is 9.99. The Labute approximate surface area is 212 Å². The van der Waals surface area contributed by atoms with Crippen LogP contribution < -0.4 is 0 Å². The first kappa shape index (κ1) is 25.0. The van der Waals surface area contributed by atoms with Gasteiger partial charge in [-0.2, -0.15) is 0 Å². The molecule has 0 amide bonds. The van der Waals surface area contributed by atoms with Crippen molar-refractivity contribution in [2.24, 2.45) is 0 Å². The van der Waals surface area contributed by atoms with Crippen LogP contribution in [0.25, 0.3) is 10.8 Å². The number of hydrogen-bond acceptors (Lipinski definition) is 0. The Kier molecular flexibility index (Phi) is 8.56. The molecule has 0 spiro atoms. The third kappa shape index (κ3) is 6.71. The van der Waals surface area contributed by atoms with Gasteiger partial charge >= 0.3 is 0 Å². The fourth-order valence-corrected chi connectivity index (χ4v) is 4.35. The molecule has 4 aromatic carbocycles. The van der Waals surface area contributed by atoms with Gasteiger partial charge in [-0.15, -0.1) is 0 Å². The highest BCUT2D eigenvalue weighted by molar-refractivity contribution is 6.30. The van der Waals surface area contributed by atoms with Crippen molar-refractivity contribution in [3.63, 3.8) is 0 Å². The molecular weight excluding hydrogens is 458 g/mol. The molecule has 0 aliphatic rings. The van der Waals surface area contributed by atoms with E-state index in [0.717, 1.165) is 28.5 Å². The molecule has 3 heteroatoms. The van der Waals surface area contributed by atoms with Crippen LogP contribution in [0, 0.1) is 23.5 Å². The number of unbranched alkanes of at least 4 members (excludes halogenated alkanes) is 3. The molecule has 0 bridgehead atoms. The lowest BCUT2D eigenvalue weighted by Crippen LogP contribution is -1.97. The summed E-state index contributed by atoms with van der Waals surface area (Å²) in [6, 6.07) is 22.5. The van der Waals surface area contributed by atoms with E-state index in [9.17, 15) is 4.39 Å². The second-order valence-electron chi connectivity index (χ2n) is 8.98. The zero-order valence-electron chi connectivity index (χ0n) is 20.0. The Morgan fingerprint density at radius 2 is 1.43 bits per heavy atom. The summed E-state index contributed by atoms with van der Waals surface area (Å²) in [5, 5.41) is 1.49. The molecule has 4 aromatic rings. The molecule has 0 aliphatic heterocycles. The van der Waals surface area contributed by atoms with Crippen molar-refractivity contribution in [2.75, 3.05) is 0 Å². The first-order valence-corrected chi connectivity index (χ1v) is 12.7. The second-order valence-corrected chi connectivity index (χ2v) is 9.39. The van der Waals surface area contributed by atoms with E-state index >= 15 is 4.39 Å². The fourth-order valence-electron chi connectivity index (χ4n) is 4.24. The molecule has 0 N–H and O–H groups in total. The highest BCUT2D eigenvalue weighted by Crippen LogP contribution is 2.24. The smallest absolute Gasteiger partial charge is 0.142 e. The highest BCUT2D eigenvalue weighted by atomic mass is 35.5. The predicted molar refractivity (Wildman–Crippen MR) is 143 cm³/mol. The van der Waals surface area contributed by atoms with Gasteiger partial charge in [-0.1, -0.05) is 86.0 Å². The molecule has 178 valence electrons. The summed E-state index contributed by atoms with van der Waals surface area (Å²) in [4.78, 5) is 0. The van der Waals surface area contributed by atoms with E-state index in [0.29, 0.717) is 23.8 Å². The lowest BCUT2D eigenvalue weighted by Gasteiger charge is -2.08. The Hall–Kier alpha value is -3.15. The molecule has 0 fully saturated rings. The van der Waals surface area contributed by atoms with Gasteiger partial charge in [0.05, 0.1) is 5.02 Å². The Morgan fingerprint density at radius 1 is 0.686 bits per heavy atom. The Morgan fingerprint density at radius 3 is 2.20 bits per heavy atom. The van der Waals surface area contributed by atoms with Crippen molar-refractivity contribution in [1.82, 2.24) is 0 Å². The molecule has 0 aromatic heterocycles. The maximum atomic E-state index is 15.1. The highest BCUT2D eigenvalue weighted by Gasteiger charge is 2.09. The summed E-state index contributed by atoms with van der Waals surface area (Å²) < 4.78 is 28.8. The summed E-state index contributed by atoms with van der Waals surface area (Å²) in [6.45, 7) is 2.23. The van der Waals surface area contributed by atoms with E-state index in [-0.39, 0.29) is 10.8 Å². The van der Waals surface area contributed by atoms with Crippen molar-refractivity contribution in [2.45, 2.75) is 51.9 Å². The van der Waals surface area contributed by atoms with Gasteiger partial charge < -0.3 is 0 Å². The summed E-state index contributed by atoms with van der Waals surface area (Å²) in [7, 11) is 0. The maximum Gasteiger partial charge on any atom is 0.142 e. The van der Waals surface area contributed by atoms with Crippen LogP contribution in [-0.2, 0) is 19.3 Å². The minimum Gasteiger partial charge on any atom is -0.206 e. The van der Waals surface area contributed by atoms with Gasteiger partial charge in [0.2, 0.25) is 0 Å². The molecule has 4 rings (SSSR count). The summed E-state index contributed by atoms with van der Waals surface area (Å²) in [6.07, 6.45) is 7.20. The van der Waals surface area contributed by atoms with Crippen LogP contribution in [0.5, 0.6) is 0 Å². The summed E-state index contributed by atoms with van der Waals surface area (Å²) in [5.74, 6) is 5.74. The minimum atomic E-state index is -0.449. The fraction of sp³-hybridized carbons (Fsp3) is 0.250. The van der Waals surface area contributed by atoms with E-state index in [1.165, 1.54) is 43.4 Å². The van der Waals surface area contributed by atoms with E-state index in [1.54, 1.807) is 18.2 Å². The first-order chi connectivity index (χ1) is 17.0. The van der Waals surface area contributed by atoms with Crippen LogP contribution in [0.15, 0.2) is 72.8 Å². The third-order valence-corrected chi connectivity index (χ3v) is 6.63. The molecule has 0 heterocycles. The monoisotopic (exact) mass is 486 g/mol. The van der Waals surface area contributed by atoms with Crippen LogP contribution in [0.1, 0.15) is 60.4 Å². The number of benzene rings is 4. The zero-order valence-corrected chi connectivity index (χ0v) is 20.8. The molecule has 0 saturated heterocycles. The van der Waals surface area contributed by atoms with E-state index < -0.39 is 5.82 Å². The number of rotatable bonds is 8. The van der Waals surface area contributed by atoms with Gasteiger partial charge in [0.25, 0.3) is 0 Å². The van der Waals surface area contributed by atoms with Crippen LogP contribution >= 0.6 is 11.6 Å². The second kappa shape index (κ2) is 12.0. The molecule has 0 nitrogen and oxygen atoms in total. The normalized spacial score (nSPS) is 10.9. The number of fused-ring (bicyclic) bond motifs is 1. The van der Waals surface area contributed by atoms with Gasteiger partial charge in [-0.3, -0.25) is 0 Å². The third-order valence-electron chi connectivity index (χ3n) is 6.33. The van der Waals surface area contributed by atoms with Crippen molar-refractivity contribution in [3.8, 4) is 11.8 Å². The van der Waals surface area contributed by atoms with E-state index in [2.05, 4.69) is 43.0 Å². The van der Waals surface area contributed by atoms with Crippen LogP contribution in [-0.4, -0.2) is 0 Å². The van der Waals surface area contributed by atoms with Crippen LogP contribution in [0.2, 0.25) is 5.02 Å². The molecule has 35 heavy (non-hydrogen) atoms. The Bertz CT molecular complexity index is 1360. The number of aryl methyl sites for hydroxylation is 3. The molecular formula is C32H29ClF2. The topological polar surface area (TPSA) is 0 Å². The van der Waals surface area contributed by atoms with E-state index in [4.69, 9.17) is 11.6 Å². The SMILES string of the molecule is CCCCCCc1ccc(C#Cc2ccc3c(F)c(CCc4ccc(Cl)c(F)c4)ccc3c2)cc1. The number of hydrogen-bond donors (Lipinski definition) is 0. The van der Waals surface area contributed by atoms with Crippen LogP contribution in [0.3, 0.4) is 0 Å².